The number of nitrogens with two attached hydrogens (primary N) is 2. The van der Waals surface area contributed by atoms with Crippen LogP contribution >= 0.6 is 0 Å². The van der Waals surface area contributed by atoms with Crippen LogP contribution in [-0.2, 0) is 4.74 Å². The van der Waals surface area contributed by atoms with Gasteiger partial charge in [0.25, 0.3) is 0 Å². The fourth-order valence-corrected chi connectivity index (χ4v) is 2.76. The van der Waals surface area contributed by atoms with Gasteiger partial charge >= 0.3 is 0 Å². The Bertz CT molecular complexity index is 482. The smallest absolute Gasteiger partial charge is 0.0912 e. The zero-order valence-corrected chi connectivity index (χ0v) is 14.6. The van der Waals surface area contributed by atoms with Crippen LogP contribution in [0, 0.1) is 0 Å². The van der Waals surface area contributed by atoms with Crippen LogP contribution in [-0.4, -0.2) is 76.0 Å². The van der Waals surface area contributed by atoms with Gasteiger partial charge in [-0.1, -0.05) is 0 Å². The molecular formula is C17H32N5O+. The molecule has 1 aromatic carbocycles. The second-order valence-electron chi connectivity index (χ2n) is 6.96. The number of anilines is 3. The number of quaternary nitrogens is 1. The molecule has 23 heavy (non-hydrogen) atoms. The lowest BCUT2D eigenvalue weighted by atomic mass is 10.2. The molecule has 0 unspecified atom stereocenters. The van der Waals surface area contributed by atoms with E-state index < -0.39 is 0 Å². The van der Waals surface area contributed by atoms with Gasteiger partial charge in [-0.25, -0.2) is 0 Å². The number of nitrogens with zero attached hydrogens (tertiary/aromatic N) is 2. The predicted molar refractivity (Wildman–Crippen MR) is 97.5 cm³/mol. The number of benzene rings is 1. The summed E-state index contributed by atoms with van der Waals surface area (Å²) in [6.45, 7) is 8.28. The molecule has 1 aliphatic heterocycles. The molecule has 6 nitrogen and oxygen atoms in total. The quantitative estimate of drug-likeness (QED) is 0.379. The maximum Gasteiger partial charge on any atom is 0.0912 e. The summed E-state index contributed by atoms with van der Waals surface area (Å²) in [6, 6.07) is 5.51. The monoisotopic (exact) mass is 322 g/mol. The molecule has 0 bridgehead atoms. The van der Waals surface area contributed by atoms with Crippen molar-refractivity contribution in [3.8, 4) is 0 Å². The SMILES string of the molecule is C[N+]1(C)CCN(CCCOCCNc2ccc(N)cc2N)CC1. The molecule has 1 aromatic rings. The van der Waals surface area contributed by atoms with Crippen molar-refractivity contribution < 1.29 is 9.22 Å². The summed E-state index contributed by atoms with van der Waals surface area (Å²) in [4.78, 5) is 2.54. The normalized spacial score (nSPS) is 18.0. The number of nitrogen functional groups attached to an aromatic ring is 2. The molecule has 0 spiro atoms. The van der Waals surface area contributed by atoms with Gasteiger partial charge in [0.05, 0.1) is 45.2 Å². The van der Waals surface area contributed by atoms with Gasteiger partial charge in [-0.2, -0.15) is 0 Å². The average Bonchev–Trinajstić information content (AvgIpc) is 2.49. The van der Waals surface area contributed by atoms with Gasteiger partial charge in [-0.05, 0) is 24.6 Å². The maximum atomic E-state index is 5.90. The van der Waals surface area contributed by atoms with E-state index in [1.165, 1.54) is 26.2 Å². The van der Waals surface area contributed by atoms with E-state index in [0.717, 1.165) is 36.3 Å². The third-order valence-corrected chi connectivity index (χ3v) is 4.44. The van der Waals surface area contributed by atoms with Crippen LogP contribution < -0.4 is 16.8 Å². The fraction of sp³-hybridized carbons (Fsp3) is 0.647. The first-order valence-electron chi connectivity index (χ1n) is 8.47. The average molecular weight is 322 g/mol. The van der Waals surface area contributed by atoms with Crippen molar-refractivity contribution >= 4 is 17.1 Å². The molecule has 0 radical (unpaired) electrons. The van der Waals surface area contributed by atoms with Gasteiger partial charge in [0, 0.05) is 38.5 Å². The van der Waals surface area contributed by atoms with Gasteiger partial charge in [0.15, 0.2) is 0 Å². The van der Waals surface area contributed by atoms with E-state index >= 15 is 0 Å². The molecule has 2 rings (SSSR count). The third-order valence-electron chi connectivity index (χ3n) is 4.44. The van der Waals surface area contributed by atoms with Crippen molar-refractivity contribution in [1.82, 2.24) is 4.90 Å². The Morgan fingerprint density at radius 1 is 1.17 bits per heavy atom. The van der Waals surface area contributed by atoms with Gasteiger partial charge in [-0.3, -0.25) is 4.90 Å². The molecule has 0 atom stereocenters. The summed E-state index contributed by atoms with van der Waals surface area (Å²) in [5.74, 6) is 0. The molecule has 1 aliphatic rings. The molecule has 1 saturated heterocycles. The van der Waals surface area contributed by atoms with E-state index in [4.69, 9.17) is 16.2 Å². The lowest BCUT2D eigenvalue weighted by molar-refractivity contribution is -0.894. The Labute approximate surface area is 140 Å². The Kier molecular flexibility index (Phi) is 6.50. The number of nitrogens with one attached hydrogen (secondary N) is 1. The van der Waals surface area contributed by atoms with Crippen LogP contribution in [0.2, 0.25) is 0 Å². The Hall–Kier alpha value is -1.50. The number of hydrogen-bond acceptors (Lipinski definition) is 5. The highest BCUT2D eigenvalue weighted by Gasteiger charge is 2.23. The van der Waals surface area contributed by atoms with Gasteiger partial charge in [0.2, 0.25) is 0 Å². The van der Waals surface area contributed by atoms with Gasteiger partial charge < -0.3 is 26.0 Å². The number of piperazine rings is 1. The van der Waals surface area contributed by atoms with Crippen molar-refractivity contribution in [2.75, 3.05) is 83.4 Å². The van der Waals surface area contributed by atoms with Crippen LogP contribution in [0.1, 0.15) is 6.42 Å². The fourth-order valence-electron chi connectivity index (χ4n) is 2.76. The molecule has 0 amide bonds. The molecule has 1 heterocycles. The highest BCUT2D eigenvalue weighted by Crippen LogP contribution is 2.20. The highest BCUT2D eigenvalue weighted by atomic mass is 16.5. The zero-order chi connectivity index (χ0) is 16.7. The Morgan fingerprint density at radius 2 is 1.91 bits per heavy atom. The number of hydrogen-bond donors (Lipinski definition) is 3. The van der Waals surface area contributed by atoms with Crippen molar-refractivity contribution in [3.63, 3.8) is 0 Å². The topological polar surface area (TPSA) is 76.5 Å². The van der Waals surface area contributed by atoms with Crippen LogP contribution in [0.3, 0.4) is 0 Å². The van der Waals surface area contributed by atoms with Gasteiger partial charge in [0.1, 0.15) is 0 Å². The summed E-state index contributed by atoms with van der Waals surface area (Å²) in [5, 5.41) is 3.27. The Balaban J connectivity index is 1.50. The Morgan fingerprint density at radius 3 is 2.61 bits per heavy atom. The second-order valence-corrected chi connectivity index (χ2v) is 6.96. The minimum absolute atomic E-state index is 0.677. The van der Waals surface area contributed by atoms with Crippen LogP contribution in [0.4, 0.5) is 17.1 Å². The maximum absolute atomic E-state index is 5.90. The van der Waals surface area contributed by atoms with Crippen molar-refractivity contribution in [2.45, 2.75) is 6.42 Å². The molecule has 6 heteroatoms. The largest absolute Gasteiger partial charge is 0.399 e. The van der Waals surface area contributed by atoms with E-state index in [9.17, 15) is 0 Å². The summed E-state index contributed by atoms with van der Waals surface area (Å²) >= 11 is 0. The summed E-state index contributed by atoms with van der Waals surface area (Å²) in [7, 11) is 4.61. The minimum Gasteiger partial charge on any atom is -0.399 e. The van der Waals surface area contributed by atoms with Crippen LogP contribution in [0.5, 0.6) is 0 Å². The van der Waals surface area contributed by atoms with Crippen molar-refractivity contribution in [2.24, 2.45) is 0 Å². The van der Waals surface area contributed by atoms with Crippen molar-refractivity contribution in [3.05, 3.63) is 18.2 Å². The van der Waals surface area contributed by atoms with E-state index in [-0.39, 0.29) is 0 Å². The first-order valence-corrected chi connectivity index (χ1v) is 8.47. The van der Waals surface area contributed by atoms with Crippen LogP contribution in [0.15, 0.2) is 18.2 Å². The lowest BCUT2D eigenvalue weighted by Gasteiger charge is -2.39. The van der Waals surface area contributed by atoms with Gasteiger partial charge in [-0.15, -0.1) is 0 Å². The second kappa shape index (κ2) is 8.38. The summed E-state index contributed by atoms with van der Waals surface area (Å²) in [6.07, 6.45) is 1.09. The summed E-state index contributed by atoms with van der Waals surface area (Å²) < 4.78 is 6.84. The molecule has 0 aliphatic carbocycles. The molecule has 0 aromatic heterocycles. The summed E-state index contributed by atoms with van der Waals surface area (Å²) in [5.41, 5.74) is 13.8. The van der Waals surface area contributed by atoms with E-state index in [1.54, 1.807) is 6.07 Å². The standard InChI is InChI=1S/C17H32N5O/c1-22(2)10-8-21(9-11-22)7-3-12-23-13-6-20-17-5-4-15(18)14-16(17)19/h4-5,14,20H,3,6-13,18-19H2,1-2H3/q+1. The predicted octanol–water partition coefficient (Wildman–Crippen LogP) is 1.06. The first-order chi connectivity index (χ1) is 11.0. The lowest BCUT2D eigenvalue weighted by Crippen LogP contribution is -2.54. The van der Waals surface area contributed by atoms with E-state index in [0.29, 0.717) is 18.0 Å². The first kappa shape index (κ1) is 17.8. The molecule has 130 valence electrons. The minimum atomic E-state index is 0.677. The number of likely N-dealkylation sites (N-methyl/N-ethyl adjacent to an activating group) is 1. The van der Waals surface area contributed by atoms with E-state index in [1.807, 2.05) is 12.1 Å². The molecule has 0 saturated carbocycles. The number of ether oxygens (including phenoxy) is 1. The zero-order valence-electron chi connectivity index (χ0n) is 14.6. The van der Waals surface area contributed by atoms with E-state index in [2.05, 4.69) is 24.3 Å². The van der Waals surface area contributed by atoms with Crippen LogP contribution in [0.25, 0.3) is 0 Å². The molecule has 1 fully saturated rings. The third kappa shape index (κ3) is 6.25. The molecule has 5 N–H and O–H groups in total. The highest BCUT2D eigenvalue weighted by molar-refractivity contribution is 5.70. The van der Waals surface area contributed by atoms with Crippen molar-refractivity contribution in [1.29, 1.82) is 0 Å². The molecular weight excluding hydrogens is 290 g/mol. The number of rotatable bonds is 8.